The molecule has 0 aromatic carbocycles. The van der Waals surface area contributed by atoms with Crippen LogP contribution in [0.25, 0.3) is 0 Å². The second-order valence-electron chi connectivity index (χ2n) is 5.61. The van der Waals surface area contributed by atoms with E-state index < -0.39 is 5.54 Å². The summed E-state index contributed by atoms with van der Waals surface area (Å²) in [4.78, 5) is 20.1. The molecule has 4 N–H and O–H groups in total. The standard InChI is InChI=1S/C14H25N5O/c1-6-7-11-17-12(16-5)9(2)13(18-11)19-14(3,4)8-10(15)20/h6-8H2,1-5H3,(H2,15,20)(H2,16,17,18,19). The van der Waals surface area contributed by atoms with Crippen molar-refractivity contribution in [2.75, 3.05) is 17.7 Å². The molecule has 0 saturated heterocycles. The van der Waals surface area contributed by atoms with Gasteiger partial charge in [0.05, 0.1) is 0 Å². The average Bonchev–Trinajstić information content (AvgIpc) is 2.31. The molecule has 0 bridgehead atoms. The Hall–Kier alpha value is -1.85. The van der Waals surface area contributed by atoms with E-state index in [1.807, 2.05) is 27.8 Å². The van der Waals surface area contributed by atoms with Gasteiger partial charge in [-0.15, -0.1) is 0 Å². The van der Waals surface area contributed by atoms with E-state index in [0.717, 1.165) is 35.9 Å². The first-order valence-electron chi connectivity index (χ1n) is 6.90. The van der Waals surface area contributed by atoms with E-state index in [1.54, 1.807) is 0 Å². The van der Waals surface area contributed by atoms with Gasteiger partial charge in [0, 0.05) is 31.0 Å². The summed E-state index contributed by atoms with van der Waals surface area (Å²) in [6, 6.07) is 0. The van der Waals surface area contributed by atoms with Crippen LogP contribution in [0.15, 0.2) is 0 Å². The molecule has 1 aromatic heterocycles. The monoisotopic (exact) mass is 279 g/mol. The Morgan fingerprint density at radius 3 is 2.40 bits per heavy atom. The van der Waals surface area contributed by atoms with E-state index in [0.29, 0.717) is 0 Å². The molecule has 0 spiro atoms. The maximum absolute atomic E-state index is 11.1. The topological polar surface area (TPSA) is 92.9 Å². The van der Waals surface area contributed by atoms with Crippen molar-refractivity contribution in [2.24, 2.45) is 5.73 Å². The van der Waals surface area contributed by atoms with Crippen molar-refractivity contribution >= 4 is 17.5 Å². The number of hydrogen-bond acceptors (Lipinski definition) is 5. The van der Waals surface area contributed by atoms with Gasteiger partial charge in [-0.05, 0) is 27.2 Å². The van der Waals surface area contributed by atoms with Gasteiger partial charge < -0.3 is 16.4 Å². The van der Waals surface area contributed by atoms with Crippen LogP contribution in [0.1, 0.15) is 45.0 Å². The molecule has 0 atom stereocenters. The molecule has 112 valence electrons. The van der Waals surface area contributed by atoms with Crippen molar-refractivity contribution in [1.29, 1.82) is 0 Å². The largest absolute Gasteiger partial charge is 0.373 e. The van der Waals surface area contributed by atoms with Crippen LogP contribution < -0.4 is 16.4 Å². The molecule has 6 nitrogen and oxygen atoms in total. The molecule has 1 aromatic rings. The summed E-state index contributed by atoms with van der Waals surface area (Å²) >= 11 is 0. The lowest BCUT2D eigenvalue weighted by Crippen LogP contribution is -2.36. The van der Waals surface area contributed by atoms with Gasteiger partial charge in [0.2, 0.25) is 5.91 Å². The van der Waals surface area contributed by atoms with Gasteiger partial charge in [-0.3, -0.25) is 4.79 Å². The number of aromatic nitrogens is 2. The molecular formula is C14H25N5O. The van der Waals surface area contributed by atoms with Gasteiger partial charge in [-0.25, -0.2) is 9.97 Å². The van der Waals surface area contributed by atoms with Crippen LogP contribution in [-0.4, -0.2) is 28.5 Å². The maximum Gasteiger partial charge on any atom is 0.219 e. The van der Waals surface area contributed by atoms with E-state index in [-0.39, 0.29) is 12.3 Å². The Morgan fingerprint density at radius 2 is 1.90 bits per heavy atom. The van der Waals surface area contributed by atoms with Crippen molar-refractivity contribution < 1.29 is 4.79 Å². The third-order valence-corrected chi connectivity index (χ3v) is 2.98. The third kappa shape index (κ3) is 4.36. The maximum atomic E-state index is 11.1. The lowest BCUT2D eigenvalue weighted by molar-refractivity contribution is -0.118. The summed E-state index contributed by atoms with van der Waals surface area (Å²) in [5, 5.41) is 6.38. The lowest BCUT2D eigenvalue weighted by atomic mass is 10.00. The van der Waals surface area contributed by atoms with Gasteiger partial charge in [0.25, 0.3) is 0 Å². The highest BCUT2D eigenvalue weighted by atomic mass is 16.1. The first-order valence-corrected chi connectivity index (χ1v) is 6.90. The fourth-order valence-corrected chi connectivity index (χ4v) is 2.06. The summed E-state index contributed by atoms with van der Waals surface area (Å²) < 4.78 is 0. The average molecular weight is 279 g/mol. The van der Waals surface area contributed by atoms with Crippen molar-refractivity contribution in [3.05, 3.63) is 11.4 Å². The van der Waals surface area contributed by atoms with E-state index in [9.17, 15) is 4.79 Å². The summed E-state index contributed by atoms with van der Waals surface area (Å²) in [6.07, 6.45) is 2.05. The summed E-state index contributed by atoms with van der Waals surface area (Å²) in [7, 11) is 1.84. The zero-order valence-electron chi connectivity index (χ0n) is 13.0. The van der Waals surface area contributed by atoms with Crippen LogP contribution in [0.4, 0.5) is 11.6 Å². The fraction of sp³-hybridized carbons (Fsp3) is 0.643. The highest BCUT2D eigenvalue weighted by molar-refractivity contribution is 5.75. The number of primary amides is 1. The number of aryl methyl sites for hydroxylation is 1. The highest BCUT2D eigenvalue weighted by Gasteiger charge is 2.23. The number of carbonyl (C=O) groups excluding carboxylic acids is 1. The van der Waals surface area contributed by atoms with Crippen LogP contribution in [0.2, 0.25) is 0 Å². The summed E-state index contributed by atoms with van der Waals surface area (Å²) in [5.41, 5.74) is 5.77. The summed E-state index contributed by atoms with van der Waals surface area (Å²) in [5.74, 6) is 2.01. The van der Waals surface area contributed by atoms with E-state index in [2.05, 4.69) is 27.5 Å². The van der Waals surface area contributed by atoms with Crippen molar-refractivity contribution in [3.63, 3.8) is 0 Å². The van der Waals surface area contributed by atoms with Gasteiger partial charge in [-0.1, -0.05) is 6.92 Å². The lowest BCUT2D eigenvalue weighted by Gasteiger charge is -2.27. The number of hydrogen-bond donors (Lipinski definition) is 3. The molecule has 0 aliphatic rings. The zero-order valence-corrected chi connectivity index (χ0v) is 13.0. The molecule has 1 amide bonds. The van der Waals surface area contributed by atoms with Crippen LogP contribution in [0.5, 0.6) is 0 Å². The number of carbonyl (C=O) groups is 1. The number of anilines is 2. The van der Waals surface area contributed by atoms with Crippen molar-refractivity contribution in [2.45, 2.75) is 52.5 Å². The molecule has 0 aliphatic carbocycles. The predicted molar refractivity (Wildman–Crippen MR) is 81.8 cm³/mol. The van der Waals surface area contributed by atoms with Gasteiger partial charge in [0.15, 0.2) is 0 Å². The van der Waals surface area contributed by atoms with E-state index in [1.165, 1.54) is 0 Å². The van der Waals surface area contributed by atoms with Gasteiger partial charge in [0.1, 0.15) is 17.5 Å². The number of amides is 1. The molecule has 0 aliphatic heterocycles. The first kappa shape index (κ1) is 16.2. The Kier molecular flexibility index (Phi) is 5.30. The molecule has 0 saturated carbocycles. The molecule has 1 heterocycles. The minimum atomic E-state index is -0.445. The minimum Gasteiger partial charge on any atom is -0.373 e. The first-order chi connectivity index (χ1) is 9.29. The minimum absolute atomic E-state index is 0.244. The second-order valence-corrected chi connectivity index (χ2v) is 5.61. The quantitative estimate of drug-likeness (QED) is 0.708. The van der Waals surface area contributed by atoms with Crippen LogP contribution >= 0.6 is 0 Å². The molecule has 0 radical (unpaired) electrons. The van der Waals surface area contributed by atoms with Crippen molar-refractivity contribution in [3.8, 4) is 0 Å². The zero-order chi connectivity index (χ0) is 15.3. The number of nitrogens with zero attached hydrogens (tertiary/aromatic N) is 2. The van der Waals surface area contributed by atoms with Crippen LogP contribution in [0, 0.1) is 6.92 Å². The second kappa shape index (κ2) is 6.54. The normalized spacial score (nSPS) is 11.2. The van der Waals surface area contributed by atoms with E-state index >= 15 is 0 Å². The predicted octanol–water partition coefficient (Wildman–Crippen LogP) is 1.85. The number of nitrogens with two attached hydrogens (primary N) is 1. The van der Waals surface area contributed by atoms with Crippen LogP contribution in [-0.2, 0) is 11.2 Å². The summed E-state index contributed by atoms with van der Waals surface area (Å²) in [6.45, 7) is 7.90. The molecule has 0 unspecified atom stereocenters. The molecule has 6 heteroatoms. The van der Waals surface area contributed by atoms with Gasteiger partial charge >= 0.3 is 0 Å². The highest BCUT2D eigenvalue weighted by Crippen LogP contribution is 2.24. The SMILES string of the molecule is CCCc1nc(NC)c(C)c(NC(C)(C)CC(N)=O)n1. The molecular weight excluding hydrogens is 254 g/mol. The fourth-order valence-electron chi connectivity index (χ4n) is 2.06. The Bertz CT molecular complexity index is 485. The molecule has 0 fully saturated rings. The van der Waals surface area contributed by atoms with E-state index in [4.69, 9.17) is 5.73 Å². The van der Waals surface area contributed by atoms with Crippen molar-refractivity contribution in [1.82, 2.24) is 9.97 Å². The number of rotatable bonds is 7. The van der Waals surface area contributed by atoms with Gasteiger partial charge in [-0.2, -0.15) is 0 Å². The smallest absolute Gasteiger partial charge is 0.219 e. The third-order valence-electron chi connectivity index (χ3n) is 2.98. The Morgan fingerprint density at radius 1 is 1.30 bits per heavy atom. The molecule has 20 heavy (non-hydrogen) atoms. The Labute approximate surface area is 120 Å². The molecule has 1 rings (SSSR count). The van der Waals surface area contributed by atoms with Crippen LogP contribution in [0.3, 0.4) is 0 Å². The number of nitrogens with one attached hydrogen (secondary N) is 2. The Balaban J connectivity index is 3.09.